The molecule has 0 aliphatic rings. The molecule has 6 nitrogen and oxygen atoms in total. The summed E-state index contributed by atoms with van der Waals surface area (Å²) in [5.74, 6) is 0. The van der Waals surface area contributed by atoms with Gasteiger partial charge in [-0.25, -0.2) is 0 Å². The lowest BCUT2D eigenvalue weighted by Gasteiger charge is -2.21. The average molecular weight is 262 g/mol. The Morgan fingerprint density at radius 3 is 1.25 bits per heavy atom. The van der Waals surface area contributed by atoms with Crippen molar-refractivity contribution in [3.8, 4) is 0 Å². The zero-order valence-electron chi connectivity index (χ0n) is 10.0. The number of rotatable bonds is 5. The fourth-order valence-electron chi connectivity index (χ4n) is 0.543. The maximum atomic E-state index is 8.47. The summed E-state index contributed by atoms with van der Waals surface area (Å²) in [6.07, 6.45) is -2.44. The van der Waals surface area contributed by atoms with Crippen LogP contribution >= 0.6 is 0 Å². The summed E-state index contributed by atoms with van der Waals surface area (Å²) in [5, 5.41) is 41.5. The fraction of sp³-hybridized carbons (Fsp3) is 1.00. The van der Waals surface area contributed by atoms with E-state index in [1.807, 2.05) is 0 Å². The van der Waals surface area contributed by atoms with Crippen LogP contribution in [0.3, 0.4) is 0 Å². The third-order valence-corrected chi connectivity index (χ3v) is 1.59. The molecule has 0 spiro atoms. The zero-order chi connectivity index (χ0) is 12.5. The topological polar surface area (TPSA) is 101 Å². The SMILES string of the molecule is C[N+](C)(C)CCO.OC[C@@H](O)[C@@H](O)CO.[Cl-]. The van der Waals surface area contributed by atoms with Crippen molar-refractivity contribution in [3.05, 3.63) is 0 Å². The Morgan fingerprint density at radius 2 is 1.19 bits per heavy atom. The second kappa shape index (κ2) is 11.5. The highest BCUT2D eigenvalue weighted by molar-refractivity contribution is 4.62. The van der Waals surface area contributed by atoms with Gasteiger partial charge < -0.3 is 42.4 Å². The summed E-state index contributed by atoms with van der Waals surface area (Å²) >= 11 is 0. The first-order valence-corrected chi connectivity index (χ1v) is 4.77. The van der Waals surface area contributed by atoms with Gasteiger partial charge in [0.15, 0.2) is 0 Å². The number of hydrogen-bond acceptors (Lipinski definition) is 5. The van der Waals surface area contributed by atoms with Crippen LogP contribution in [0.5, 0.6) is 0 Å². The van der Waals surface area contributed by atoms with Crippen molar-refractivity contribution >= 4 is 0 Å². The van der Waals surface area contributed by atoms with E-state index in [2.05, 4.69) is 21.1 Å². The third-order valence-electron chi connectivity index (χ3n) is 1.59. The number of likely N-dealkylation sites (N-methyl/N-ethyl adjacent to an activating group) is 1. The van der Waals surface area contributed by atoms with Crippen LogP contribution in [0.2, 0.25) is 0 Å². The van der Waals surface area contributed by atoms with Gasteiger partial charge in [0.25, 0.3) is 0 Å². The third kappa shape index (κ3) is 16.5. The normalized spacial score (nSPS) is 14.2. The van der Waals surface area contributed by atoms with E-state index < -0.39 is 25.4 Å². The minimum atomic E-state index is -1.22. The number of halogens is 1. The highest BCUT2D eigenvalue weighted by atomic mass is 35.5. The molecule has 0 radical (unpaired) electrons. The molecule has 0 unspecified atom stereocenters. The first-order valence-electron chi connectivity index (χ1n) is 4.77. The molecule has 0 saturated heterocycles. The summed E-state index contributed by atoms with van der Waals surface area (Å²) in [7, 11) is 6.16. The lowest BCUT2D eigenvalue weighted by Crippen LogP contribution is -3.00. The van der Waals surface area contributed by atoms with E-state index in [4.69, 9.17) is 25.5 Å². The number of aliphatic hydroxyl groups is 5. The van der Waals surface area contributed by atoms with Crippen LogP contribution in [0.25, 0.3) is 0 Å². The van der Waals surface area contributed by atoms with E-state index >= 15 is 0 Å². The Hall–Kier alpha value is 0.0500. The highest BCUT2D eigenvalue weighted by Crippen LogP contribution is 1.88. The van der Waals surface area contributed by atoms with Crippen molar-refractivity contribution in [2.75, 3.05) is 47.5 Å². The van der Waals surface area contributed by atoms with E-state index in [9.17, 15) is 0 Å². The van der Waals surface area contributed by atoms with Gasteiger partial charge in [-0.15, -0.1) is 0 Å². The molecule has 102 valence electrons. The molecule has 2 atom stereocenters. The van der Waals surface area contributed by atoms with Gasteiger partial charge in [-0.05, 0) is 0 Å². The monoisotopic (exact) mass is 261 g/mol. The molecular formula is C9H24ClNO5. The predicted molar refractivity (Wildman–Crippen MR) is 56.2 cm³/mol. The molecular weight excluding hydrogens is 238 g/mol. The van der Waals surface area contributed by atoms with E-state index in [0.29, 0.717) is 0 Å². The first kappa shape index (κ1) is 21.3. The summed E-state index contributed by atoms with van der Waals surface area (Å²) in [5.41, 5.74) is 0. The summed E-state index contributed by atoms with van der Waals surface area (Å²) in [4.78, 5) is 0. The van der Waals surface area contributed by atoms with Crippen LogP contribution in [0.15, 0.2) is 0 Å². The Bertz CT molecular complexity index is 134. The Morgan fingerprint density at radius 1 is 0.875 bits per heavy atom. The maximum Gasteiger partial charge on any atom is 0.105 e. The van der Waals surface area contributed by atoms with E-state index in [1.165, 1.54) is 0 Å². The summed E-state index contributed by atoms with van der Waals surface area (Å²) in [6.45, 7) is 0.0625. The van der Waals surface area contributed by atoms with Crippen LogP contribution in [0.4, 0.5) is 0 Å². The smallest absolute Gasteiger partial charge is 0.105 e. The molecule has 7 heteroatoms. The van der Waals surface area contributed by atoms with Gasteiger partial charge in [0, 0.05) is 0 Å². The largest absolute Gasteiger partial charge is 1.00 e. The molecule has 0 aliphatic carbocycles. The second-order valence-electron chi connectivity index (χ2n) is 4.24. The van der Waals surface area contributed by atoms with Crippen molar-refractivity contribution in [2.24, 2.45) is 0 Å². The van der Waals surface area contributed by atoms with Crippen LogP contribution in [0, 0.1) is 0 Å². The summed E-state index contributed by atoms with van der Waals surface area (Å²) < 4.78 is 0.844. The average Bonchev–Trinajstić information content (AvgIpc) is 2.14. The first-order chi connectivity index (χ1) is 6.78. The molecule has 0 amide bonds. The lowest BCUT2D eigenvalue weighted by atomic mass is 10.2. The Kier molecular flexibility index (Phi) is 15.4. The van der Waals surface area contributed by atoms with Gasteiger partial charge in [0.05, 0.1) is 41.0 Å². The van der Waals surface area contributed by atoms with Gasteiger partial charge in [0.2, 0.25) is 0 Å². The van der Waals surface area contributed by atoms with E-state index in [-0.39, 0.29) is 19.0 Å². The van der Waals surface area contributed by atoms with Gasteiger partial charge in [-0.2, -0.15) is 0 Å². The molecule has 0 aromatic rings. The fourth-order valence-corrected chi connectivity index (χ4v) is 0.543. The van der Waals surface area contributed by atoms with Crippen molar-refractivity contribution in [1.29, 1.82) is 0 Å². The maximum absolute atomic E-state index is 8.47. The molecule has 0 saturated carbocycles. The quantitative estimate of drug-likeness (QED) is 0.318. The van der Waals surface area contributed by atoms with Gasteiger partial charge in [-0.1, -0.05) is 0 Å². The zero-order valence-corrected chi connectivity index (χ0v) is 10.8. The Labute approximate surface area is 103 Å². The number of aliphatic hydroxyl groups excluding tert-OH is 5. The Balaban J connectivity index is -0.000000200. The van der Waals surface area contributed by atoms with E-state index in [0.717, 1.165) is 11.0 Å². The predicted octanol–water partition coefficient (Wildman–Crippen LogP) is -5.62. The molecule has 0 fully saturated rings. The summed E-state index contributed by atoms with van der Waals surface area (Å²) in [6, 6.07) is 0. The van der Waals surface area contributed by atoms with Crippen molar-refractivity contribution in [1.82, 2.24) is 0 Å². The number of quaternary nitrogens is 1. The standard InChI is InChI=1S/C5H14NO.C4H10O4.ClH/c1-6(2,3)4-5-7;5-1-3(7)4(8)2-6;/h7H,4-5H2,1-3H3;3-8H,1-2H2;1H/q+1;;/p-1/t;3-,4+;. The molecule has 0 heterocycles. The minimum Gasteiger partial charge on any atom is -1.00 e. The molecule has 0 aromatic carbocycles. The number of hydrogen-bond donors (Lipinski definition) is 5. The molecule has 0 aliphatic heterocycles. The van der Waals surface area contributed by atoms with Crippen LogP contribution in [-0.4, -0.2) is 89.7 Å². The molecule has 0 rings (SSSR count). The van der Waals surface area contributed by atoms with E-state index in [1.54, 1.807) is 0 Å². The van der Waals surface area contributed by atoms with Crippen molar-refractivity contribution < 1.29 is 42.4 Å². The molecule has 16 heavy (non-hydrogen) atoms. The second-order valence-corrected chi connectivity index (χ2v) is 4.24. The lowest BCUT2D eigenvalue weighted by molar-refractivity contribution is -0.870. The minimum absolute atomic E-state index is 0. The van der Waals surface area contributed by atoms with Gasteiger partial charge in [0.1, 0.15) is 18.8 Å². The van der Waals surface area contributed by atoms with Gasteiger partial charge in [-0.3, -0.25) is 0 Å². The van der Waals surface area contributed by atoms with Crippen molar-refractivity contribution in [2.45, 2.75) is 12.2 Å². The molecule has 0 aromatic heterocycles. The molecule has 0 bridgehead atoms. The molecule has 5 N–H and O–H groups in total. The van der Waals surface area contributed by atoms with Crippen molar-refractivity contribution in [3.63, 3.8) is 0 Å². The highest BCUT2D eigenvalue weighted by Gasteiger charge is 2.12. The van der Waals surface area contributed by atoms with Crippen LogP contribution in [0.1, 0.15) is 0 Å². The number of nitrogens with zero attached hydrogens (tertiary/aromatic N) is 1. The van der Waals surface area contributed by atoms with Crippen LogP contribution < -0.4 is 12.4 Å². The van der Waals surface area contributed by atoms with Gasteiger partial charge >= 0.3 is 0 Å². The van der Waals surface area contributed by atoms with Crippen LogP contribution in [-0.2, 0) is 0 Å².